The van der Waals surface area contributed by atoms with Crippen LogP contribution in [0.15, 0.2) is 4.99 Å². The predicted octanol–water partition coefficient (Wildman–Crippen LogP) is 0.553. The lowest BCUT2D eigenvalue weighted by atomic mass is 9.87. The largest absolute Gasteiger partial charge is 0.381 e. The van der Waals surface area contributed by atoms with Crippen LogP contribution in [0.5, 0.6) is 0 Å². The lowest BCUT2D eigenvalue weighted by molar-refractivity contribution is 0.0200. The van der Waals surface area contributed by atoms with E-state index in [0.29, 0.717) is 6.54 Å². The Morgan fingerprint density at radius 3 is 2.89 bits per heavy atom. The van der Waals surface area contributed by atoms with Gasteiger partial charge < -0.3 is 19.7 Å². The van der Waals surface area contributed by atoms with Crippen LogP contribution in [-0.2, 0) is 19.5 Å². The molecule has 8 nitrogen and oxygen atoms in total. The Hall–Kier alpha value is -0.900. The van der Waals surface area contributed by atoms with E-state index >= 15 is 0 Å². The van der Waals surface area contributed by atoms with Crippen LogP contribution in [0.25, 0.3) is 0 Å². The maximum Gasteiger partial charge on any atom is 0.213 e. The van der Waals surface area contributed by atoms with E-state index in [1.807, 2.05) is 6.92 Å². The van der Waals surface area contributed by atoms with Gasteiger partial charge in [0.05, 0.1) is 25.0 Å². The SMILES string of the molecule is CCNC(=NCCS(=O)(=O)NCC1CCCCO1)N1CCC2(CCOC2)C1. The number of ether oxygens (including phenoxy) is 2. The Morgan fingerprint density at radius 2 is 2.19 bits per heavy atom. The molecule has 0 aromatic heterocycles. The second kappa shape index (κ2) is 9.54. The zero-order chi connectivity index (χ0) is 19.2. The molecule has 0 aromatic carbocycles. The third-order valence-electron chi connectivity index (χ3n) is 5.68. The number of guanidine groups is 1. The van der Waals surface area contributed by atoms with Gasteiger partial charge in [0, 0.05) is 44.8 Å². The highest BCUT2D eigenvalue weighted by Crippen LogP contribution is 2.38. The van der Waals surface area contributed by atoms with Crippen molar-refractivity contribution in [3.63, 3.8) is 0 Å². The van der Waals surface area contributed by atoms with Gasteiger partial charge in [0.15, 0.2) is 5.96 Å². The van der Waals surface area contributed by atoms with Gasteiger partial charge in [-0.3, -0.25) is 4.99 Å². The summed E-state index contributed by atoms with van der Waals surface area (Å²) >= 11 is 0. The smallest absolute Gasteiger partial charge is 0.213 e. The lowest BCUT2D eigenvalue weighted by Gasteiger charge is -2.25. The Bertz CT molecular complexity index is 598. The van der Waals surface area contributed by atoms with Gasteiger partial charge in [-0.15, -0.1) is 0 Å². The second-order valence-electron chi connectivity index (χ2n) is 7.87. The van der Waals surface area contributed by atoms with Crippen LogP contribution in [-0.4, -0.2) is 83.7 Å². The molecule has 0 aromatic rings. The van der Waals surface area contributed by atoms with Crippen LogP contribution in [0, 0.1) is 5.41 Å². The van der Waals surface area contributed by atoms with E-state index < -0.39 is 10.0 Å². The second-order valence-corrected chi connectivity index (χ2v) is 9.79. The normalized spacial score (nSPS) is 29.6. The van der Waals surface area contributed by atoms with Crippen molar-refractivity contribution in [3.05, 3.63) is 0 Å². The van der Waals surface area contributed by atoms with Gasteiger partial charge in [0.2, 0.25) is 10.0 Å². The number of nitrogens with zero attached hydrogens (tertiary/aromatic N) is 2. The molecular weight excluding hydrogens is 368 g/mol. The number of rotatable bonds is 7. The molecule has 3 aliphatic rings. The number of nitrogens with one attached hydrogen (secondary N) is 2. The van der Waals surface area contributed by atoms with Gasteiger partial charge in [0.1, 0.15) is 0 Å². The molecule has 0 amide bonds. The number of hydrogen-bond acceptors (Lipinski definition) is 5. The highest BCUT2D eigenvalue weighted by Gasteiger charge is 2.42. The Balaban J connectivity index is 1.47. The third-order valence-corrected chi connectivity index (χ3v) is 7.01. The minimum Gasteiger partial charge on any atom is -0.381 e. The molecule has 3 fully saturated rings. The Morgan fingerprint density at radius 1 is 1.30 bits per heavy atom. The summed E-state index contributed by atoms with van der Waals surface area (Å²) in [6.45, 7) is 7.68. The van der Waals surface area contributed by atoms with Gasteiger partial charge in [-0.1, -0.05) is 0 Å². The van der Waals surface area contributed by atoms with Gasteiger partial charge >= 0.3 is 0 Å². The fourth-order valence-corrected chi connectivity index (χ4v) is 4.96. The molecule has 0 radical (unpaired) electrons. The molecule has 27 heavy (non-hydrogen) atoms. The van der Waals surface area contributed by atoms with Gasteiger partial charge in [-0.05, 0) is 39.0 Å². The summed E-state index contributed by atoms with van der Waals surface area (Å²) in [7, 11) is -3.34. The van der Waals surface area contributed by atoms with Gasteiger partial charge in [-0.25, -0.2) is 13.1 Å². The van der Waals surface area contributed by atoms with E-state index in [1.54, 1.807) is 0 Å². The van der Waals surface area contributed by atoms with Crippen molar-refractivity contribution < 1.29 is 17.9 Å². The van der Waals surface area contributed by atoms with Crippen molar-refractivity contribution in [2.75, 3.05) is 58.3 Å². The summed E-state index contributed by atoms with van der Waals surface area (Å²) in [4.78, 5) is 6.81. The molecule has 3 heterocycles. The number of aliphatic imine (C=N–C) groups is 1. The molecule has 2 atom stereocenters. The van der Waals surface area contributed by atoms with E-state index in [2.05, 4.69) is 19.9 Å². The lowest BCUT2D eigenvalue weighted by Crippen LogP contribution is -2.42. The molecule has 1 spiro atoms. The van der Waals surface area contributed by atoms with Crippen LogP contribution < -0.4 is 10.0 Å². The molecule has 3 aliphatic heterocycles. The van der Waals surface area contributed by atoms with Crippen molar-refractivity contribution in [3.8, 4) is 0 Å². The summed E-state index contributed by atoms with van der Waals surface area (Å²) in [6, 6.07) is 0. The average molecular weight is 403 g/mol. The fourth-order valence-electron chi connectivity index (χ4n) is 4.05. The van der Waals surface area contributed by atoms with Crippen molar-refractivity contribution >= 4 is 16.0 Å². The first-order valence-electron chi connectivity index (χ1n) is 10.2. The molecule has 3 rings (SSSR count). The van der Waals surface area contributed by atoms with E-state index in [1.165, 1.54) is 0 Å². The van der Waals surface area contributed by atoms with Crippen LogP contribution in [0.2, 0.25) is 0 Å². The predicted molar refractivity (Wildman–Crippen MR) is 105 cm³/mol. The Labute approximate surface area is 163 Å². The minimum atomic E-state index is -3.34. The fraction of sp³-hybridized carbons (Fsp3) is 0.944. The molecule has 3 saturated heterocycles. The quantitative estimate of drug-likeness (QED) is 0.477. The van der Waals surface area contributed by atoms with Crippen molar-refractivity contribution in [2.24, 2.45) is 10.4 Å². The van der Waals surface area contributed by atoms with Crippen molar-refractivity contribution in [2.45, 2.75) is 45.1 Å². The molecule has 9 heteroatoms. The highest BCUT2D eigenvalue weighted by molar-refractivity contribution is 7.89. The van der Waals surface area contributed by atoms with Crippen LogP contribution in [0.4, 0.5) is 0 Å². The van der Waals surface area contributed by atoms with E-state index in [9.17, 15) is 8.42 Å². The third kappa shape index (κ3) is 6.04. The number of sulfonamides is 1. The molecule has 2 unspecified atom stereocenters. The maximum atomic E-state index is 12.3. The van der Waals surface area contributed by atoms with E-state index in [4.69, 9.17) is 9.47 Å². The van der Waals surface area contributed by atoms with E-state index in [0.717, 1.165) is 77.5 Å². The van der Waals surface area contributed by atoms with Gasteiger partial charge in [0.25, 0.3) is 0 Å². The summed E-state index contributed by atoms with van der Waals surface area (Å²) < 4.78 is 38.3. The maximum absolute atomic E-state index is 12.3. The zero-order valence-corrected chi connectivity index (χ0v) is 17.2. The van der Waals surface area contributed by atoms with Gasteiger partial charge in [-0.2, -0.15) is 0 Å². The molecule has 0 aliphatic carbocycles. The van der Waals surface area contributed by atoms with Crippen LogP contribution in [0.3, 0.4) is 0 Å². The summed E-state index contributed by atoms with van der Waals surface area (Å²) in [5, 5.41) is 3.30. The molecule has 156 valence electrons. The molecular formula is C18H34N4O4S. The summed E-state index contributed by atoms with van der Waals surface area (Å²) in [5.74, 6) is 0.809. The van der Waals surface area contributed by atoms with Crippen LogP contribution in [0.1, 0.15) is 39.0 Å². The summed E-state index contributed by atoms with van der Waals surface area (Å²) in [6.07, 6.45) is 5.30. The monoisotopic (exact) mass is 402 g/mol. The number of likely N-dealkylation sites (tertiary alicyclic amines) is 1. The average Bonchev–Trinajstić information content (AvgIpc) is 3.30. The van der Waals surface area contributed by atoms with Crippen molar-refractivity contribution in [1.29, 1.82) is 0 Å². The molecule has 0 saturated carbocycles. The Kier molecular flexibility index (Phi) is 7.35. The first-order valence-corrected chi connectivity index (χ1v) is 11.9. The van der Waals surface area contributed by atoms with Crippen LogP contribution >= 0.6 is 0 Å². The van der Waals surface area contributed by atoms with Crippen molar-refractivity contribution in [1.82, 2.24) is 14.9 Å². The minimum absolute atomic E-state index is 0.00327. The topological polar surface area (TPSA) is 92.3 Å². The first kappa shape index (κ1) is 20.8. The number of hydrogen-bond donors (Lipinski definition) is 2. The van der Waals surface area contributed by atoms with E-state index in [-0.39, 0.29) is 23.8 Å². The highest BCUT2D eigenvalue weighted by atomic mass is 32.2. The first-order chi connectivity index (χ1) is 13.0. The molecule has 2 N–H and O–H groups in total. The standard InChI is InChI=1S/C18H34N4O4S/c1-2-19-17(22-9-6-18(14-22)7-11-25-15-18)20-8-12-27(23,24)21-13-16-5-3-4-10-26-16/h16,21H,2-15H2,1H3,(H,19,20). The molecule has 0 bridgehead atoms. The summed E-state index contributed by atoms with van der Waals surface area (Å²) in [5.41, 5.74) is 0.254. The zero-order valence-electron chi connectivity index (χ0n) is 16.4.